The predicted octanol–water partition coefficient (Wildman–Crippen LogP) is 7.35. The zero-order valence-corrected chi connectivity index (χ0v) is 17.0. The Labute approximate surface area is 174 Å². The van der Waals surface area contributed by atoms with E-state index >= 15 is 0 Å². The van der Waals surface area contributed by atoms with Gasteiger partial charge in [0.25, 0.3) is 0 Å². The molecule has 0 nitrogen and oxygen atoms in total. The first-order chi connectivity index (χ1) is 14.2. The summed E-state index contributed by atoms with van der Waals surface area (Å²) in [6.07, 6.45) is 7.25. The van der Waals surface area contributed by atoms with E-state index in [1.165, 1.54) is 18.4 Å². The van der Waals surface area contributed by atoms with E-state index in [0.717, 1.165) is 40.7 Å². The van der Waals surface area contributed by atoms with Crippen molar-refractivity contribution in [3.05, 3.63) is 107 Å². The van der Waals surface area contributed by atoms with Gasteiger partial charge in [0.05, 0.1) is 0 Å². The van der Waals surface area contributed by atoms with E-state index in [1.807, 2.05) is 49.4 Å². The van der Waals surface area contributed by atoms with Crippen molar-refractivity contribution in [1.29, 1.82) is 0 Å². The fraction of sp³-hybridized carbons (Fsp3) is 0.214. The third kappa shape index (κ3) is 5.93. The Morgan fingerprint density at radius 1 is 0.828 bits per heavy atom. The Morgan fingerprint density at radius 3 is 2.03 bits per heavy atom. The summed E-state index contributed by atoms with van der Waals surface area (Å²) >= 11 is 0. The summed E-state index contributed by atoms with van der Waals surface area (Å²) in [5, 5.41) is 0. The first-order valence-corrected chi connectivity index (χ1v) is 10.3. The van der Waals surface area contributed by atoms with E-state index in [0.29, 0.717) is 6.42 Å². The van der Waals surface area contributed by atoms with Crippen molar-refractivity contribution in [3.8, 4) is 23.0 Å². The topological polar surface area (TPSA) is 0 Å². The molecule has 0 aromatic heterocycles. The van der Waals surface area contributed by atoms with Gasteiger partial charge in [0.1, 0.15) is 5.82 Å². The van der Waals surface area contributed by atoms with Crippen LogP contribution >= 0.6 is 0 Å². The summed E-state index contributed by atoms with van der Waals surface area (Å²) in [7, 11) is 0. The van der Waals surface area contributed by atoms with Gasteiger partial charge in [-0.05, 0) is 84.7 Å². The van der Waals surface area contributed by atoms with Crippen LogP contribution in [0.25, 0.3) is 11.1 Å². The van der Waals surface area contributed by atoms with Crippen LogP contribution in [-0.4, -0.2) is 0 Å². The lowest BCUT2D eigenvalue weighted by molar-refractivity contribution is 0.613. The lowest BCUT2D eigenvalue weighted by Gasteiger charge is -2.05. The first-order valence-electron chi connectivity index (χ1n) is 10.3. The minimum Gasteiger partial charge on any atom is -0.207 e. The molecule has 0 heterocycles. The minimum absolute atomic E-state index is 0.141. The molecule has 0 unspecified atom stereocenters. The molecule has 0 bridgehead atoms. The van der Waals surface area contributed by atoms with Crippen molar-refractivity contribution in [1.82, 2.24) is 0 Å². The molecule has 0 fully saturated rings. The smallest absolute Gasteiger partial charge is 0.127 e. The van der Waals surface area contributed by atoms with Gasteiger partial charge in [-0.3, -0.25) is 0 Å². The monoisotopic (exact) mass is 382 g/mol. The molecule has 0 atom stereocenters. The van der Waals surface area contributed by atoms with Gasteiger partial charge in [-0.2, -0.15) is 0 Å². The lowest BCUT2D eigenvalue weighted by Crippen LogP contribution is -1.88. The molecule has 0 aliphatic rings. The largest absolute Gasteiger partial charge is 0.207 e. The normalized spacial score (nSPS) is 10.3. The van der Waals surface area contributed by atoms with Gasteiger partial charge in [0.2, 0.25) is 0 Å². The zero-order chi connectivity index (χ0) is 20.5. The summed E-state index contributed by atoms with van der Waals surface area (Å²) in [5.74, 6) is 6.30. The summed E-state index contributed by atoms with van der Waals surface area (Å²) in [6, 6.07) is 21.9. The van der Waals surface area contributed by atoms with E-state index in [-0.39, 0.29) is 5.82 Å². The van der Waals surface area contributed by atoms with Crippen LogP contribution in [0.5, 0.6) is 0 Å². The van der Waals surface area contributed by atoms with Crippen molar-refractivity contribution >= 4 is 0 Å². The second kappa shape index (κ2) is 10.4. The van der Waals surface area contributed by atoms with Gasteiger partial charge in [0, 0.05) is 11.1 Å². The molecule has 0 aliphatic heterocycles. The van der Waals surface area contributed by atoms with Crippen LogP contribution in [0.15, 0.2) is 79.4 Å². The molecule has 0 saturated carbocycles. The average molecular weight is 383 g/mol. The molecule has 0 spiro atoms. The molecule has 0 amide bonds. The number of hydrogen-bond donors (Lipinski definition) is 0. The van der Waals surface area contributed by atoms with Crippen molar-refractivity contribution in [2.45, 2.75) is 39.0 Å². The highest BCUT2D eigenvalue weighted by molar-refractivity contribution is 5.65. The first kappa shape index (κ1) is 20.6. The lowest BCUT2D eigenvalue weighted by atomic mass is 10.0. The van der Waals surface area contributed by atoms with Crippen LogP contribution in [-0.2, 0) is 12.8 Å². The Hall–Kier alpha value is -3.11. The maximum atomic E-state index is 14.0. The van der Waals surface area contributed by atoms with Gasteiger partial charge >= 0.3 is 0 Å². The number of halogens is 1. The summed E-state index contributed by atoms with van der Waals surface area (Å²) in [5.41, 5.74) is 5.96. The van der Waals surface area contributed by atoms with E-state index in [2.05, 4.69) is 42.7 Å². The Morgan fingerprint density at radius 2 is 1.45 bits per heavy atom. The van der Waals surface area contributed by atoms with Crippen LogP contribution in [0, 0.1) is 17.7 Å². The molecule has 0 radical (unpaired) electrons. The molecule has 29 heavy (non-hydrogen) atoms. The second-order valence-corrected chi connectivity index (χ2v) is 7.22. The summed E-state index contributed by atoms with van der Waals surface area (Å²) in [6.45, 7) is 5.72. The van der Waals surface area contributed by atoms with E-state index in [4.69, 9.17) is 0 Å². The quantitative estimate of drug-likeness (QED) is 0.228. The van der Waals surface area contributed by atoms with Gasteiger partial charge in [-0.15, -0.1) is 6.58 Å². The van der Waals surface area contributed by atoms with Crippen molar-refractivity contribution < 1.29 is 4.39 Å². The van der Waals surface area contributed by atoms with Gasteiger partial charge < -0.3 is 0 Å². The highest BCUT2D eigenvalue weighted by atomic mass is 19.1. The molecular formula is C28H27F. The maximum absolute atomic E-state index is 14.0. The Bertz CT molecular complexity index is 999. The highest BCUT2D eigenvalue weighted by Gasteiger charge is 2.03. The van der Waals surface area contributed by atoms with Gasteiger partial charge in [-0.1, -0.05) is 61.2 Å². The zero-order valence-electron chi connectivity index (χ0n) is 17.0. The molecule has 0 N–H and O–H groups in total. The van der Waals surface area contributed by atoms with Gasteiger partial charge in [-0.25, -0.2) is 4.39 Å². The third-order valence-corrected chi connectivity index (χ3v) is 5.08. The molecule has 0 saturated heterocycles. The molecule has 3 aromatic rings. The maximum Gasteiger partial charge on any atom is 0.127 e. The molecule has 1 heteroatoms. The fourth-order valence-electron chi connectivity index (χ4n) is 3.28. The number of aryl methyl sites for hydroxylation is 2. The number of unbranched alkanes of at least 4 members (excludes halogenated alkanes) is 2. The molecule has 3 aromatic carbocycles. The fourth-order valence-corrected chi connectivity index (χ4v) is 3.28. The number of hydrogen-bond acceptors (Lipinski definition) is 0. The van der Waals surface area contributed by atoms with Crippen molar-refractivity contribution in [2.24, 2.45) is 0 Å². The highest BCUT2D eigenvalue weighted by Crippen LogP contribution is 2.22. The van der Waals surface area contributed by atoms with Crippen LogP contribution in [0.3, 0.4) is 0 Å². The molecule has 0 aliphatic carbocycles. The Kier molecular flexibility index (Phi) is 7.42. The van der Waals surface area contributed by atoms with E-state index in [9.17, 15) is 4.39 Å². The predicted molar refractivity (Wildman–Crippen MR) is 121 cm³/mol. The average Bonchev–Trinajstić information content (AvgIpc) is 2.76. The van der Waals surface area contributed by atoms with Crippen LogP contribution in [0.4, 0.5) is 4.39 Å². The third-order valence-electron chi connectivity index (χ3n) is 5.08. The number of allylic oxidation sites excluding steroid dienone is 1. The number of rotatable bonds is 7. The van der Waals surface area contributed by atoms with Gasteiger partial charge in [0.15, 0.2) is 0 Å². The van der Waals surface area contributed by atoms with E-state index in [1.54, 1.807) is 6.07 Å². The number of benzene rings is 3. The second-order valence-electron chi connectivity index (χ2n) is 7.22. The van der Waals surface area contributed by atoms with Crippen LogP contribution < -0.4 is 0 Å². The van der Waals surface area contributed by atoms with Crippen LogP contribution in [0.2, 0.25) is 0 Å². The summed E-state index contributed by atoms with van der Waals surface area (Å²) in [4.78, 5) is 0. The molecule has 146 valence electrons. The van der Waals surface area contributed by atoms with Crippen molar-refractivity contribution in [2.75, 3.05) is 0 Å². The molecule has 3 rings (SSSR count). The van der Waals surface area contributed by atoms with Crippen molar-refractivity contribution in [3.63, 3.8) is 0 Å². The standard InChI is InChI=1S/C28H27F/c1-3-5-6-7-8-22-9-11-23(12-10-22)13-14-24-15-17-26(18-16-24)27-20-19-25(4-2)28(29)21-27/h3,9-12,15-21H,1,4-8H2,2H3. The summed E-state index contributed by atoms with van der Waals surface area (Å²) < 4.78 is 14.0. The minimum atomic E-state index is -0.141. The Balaban J connectivity index is 1.64. The van der Waals surface area contributed by atoms with Crippen LogP contribution in [0.1, 0.15) is 48.4 Å². The molecular weight excluding hydrogens is 355 g/mol. The van der Waals surface area contributed by atoms with E-state index < -0.39 is 0 Å². The SMILES string of the molecule is C=CCCCCc1ccc(C#Cc2ccc(-c3ccc(CC)c(F)c3)cc2)cc1.